The summed E-state index contributed by atoms with van der Waals surface area (Å²) in [4.78, 5) is 4.46. The lowest BCUT2D eigenvalue weighted by molar-refractivity contribution is 0.243. The lowest BCUT2D eigenvalue weighted by Gasteiger charge is -2.33. The zero-order valence-corrected chi connectivity index (χ0v) is 12.1. The molecule has 1 fully saturated rings. The summed E-state index contributed by atoms with van der Waals surface area (Å²) in [5, 5.41) is 5.90. The average Bonchev–Trinajstić information content (AvgIpc) is 2.87. The first kappa shape index (κ1) is 13.0. The van der Waals surface area contributed by atoms with Crippen molar-refractivity contribution >= 4 is 11.3 Å². The molecule has 1 heterocycles. The zero-order chi connectivity index (χ0) is 12.4. The van der Waals surface area contributed by atoms with Crippen molar-refractivity contribution in [2.24, 2.45) is 5.41 Å². The van der Waals surface area contributed by atoms with Crippen LogP contribution in [0.15, 0.2) is 10.9 Å². The number of nitrogens with zero attached hydrogens (tertiary/aromatic N) is 1. The fourth-order valence-corrected chi connectivity index (χ4v) is 3.26. The molecule has 3 heteroatoms. The minimum Gasteiger partial charge on any atom is -0.312 e. The number of thiazole rings is 1. The van der Waals surface area contributed by atoms with Crippen LogP contribution in [0.3, 0.4) is 0 Å². The molecular weight excluding hydrogens is 228 g/mol. The van der Waals surface area contributed by atoms with Crippen molar-refractivity contribution < 1.29 is 0 Å². The Kier molecular flexibility index (Phi) is 3.88. The standard InChI is InChI=1S/C14H24N2S/c1-13(2,3)16-10-14(6-4-5-7-14)8-12-9-17-11-15-12/h9,11,16H,4-8,10H2,1-3H3. The molecule has 0 spiro atoms. The van der Waals surface area contributed by atoms with Gasteiger partial charge in [-0.3, -0.25) is 0 Å². The van der Waals surface area contributed by atoms with E-state index in [1.807, 2.05) is 5.51 Å². The molecular formula is C14H24N2S. The normalized spacial score (nSPS) is 19.7. The SMILES string of the molecule is CC(C)(C)NCC1(Cc2cscn2)CCCC1. The van der Waals surface area contributed by atoms with Gasteiger partial charge in [0.1, 0.15) is 0 Å². The van der Waals surface area contributed by atoms with Crippen molar-refractivity contribution in [2.75, 3.05) is 6.54 Å². The molecule has 0 bridgehead atoms. The molecule has 0 unspecified atom stereocenters. The minimum absolute atomic E-state index is 0.220. The number of hydrogen-bond donors (Lipinski definition) is 1. The smallest absolute Gasteiger partial charge is 0.0794 e. The van der Waals surface area contributed by atoms with E-state index in [4.69, 9.17) is 0 Å². The van der Waals surface area contributed by atoms with Crippen LogP contribution >= 0.6 is 11.3 Å². The molecule has 0 saturated heterocycles. The molecule has 1 N–H and O–H groups in total. The summed E-state index contributed by atoms with van der Waals surface area (Å²) in [6, 6.07) is 0. The van der Waals surface area contributed by atoms with Gasteiger partial charge in [0.15, 0.2) is 0 Å². The molecule has 0 aliphatic heterocycles. The van der Waals surface area contributed by atoms with E-state index in [1.165, 1.54) is 31.4 Å². The van der Waals surface area contributed by atoms with E-state index in [2.05, 4.69) is 36.5 Å². The Labute approximate surface area is 109 Å². The lowest BCUT2D eigenvalue weighted by Crippen LogP contribution is -2.44. The number of nitrogens with one attached hydrogen (secondary N) is 1. The molecule has 2 rings (SSSR count). The van der Waals surface area contributed by atoms with E-state index in [-0.39, 0.29) is 5.54 Å². The molecule has 1 aromatic heterocycles. The van der Waals surface area contributed by atoms with Crippen LogP contribution in [0.4, 0.5) is 0 Å². The van der Waals surface area contributed by atoms with E-state index < -0.39 is 0 Å². The molecule has 2 nitrogen and oxygen atoms in total. The van der Waals surface area contributed by atoms with Crippen LogP contribution in [-0.4, -0.2) is 17.1 Å². The van der Waals surface area contributed by atoms with Gasteiger partial charge in [-0.1, -0.05) is 12.8 Å². The summed E-state index contributed by atoms with van der Waals surface area (Å²) in [5.74, 6) is 0. The van der Waals surface area contributed by atoms with E-state index >= 15 is 0 Å². The number of rotatable bonds is 4. The highest BCUT2D eigenvalue weighted by atomic mass is 32.1. The van der Waals surface area contributed by atoms with E-state index in [9.17, 15) is 0 Å². The molecule has 0 atom stereocenters. The number of hydrogen-bond acceptors (Lipinski definition) is 3. The third-order valence-corrected chi connectivity index (χ3v) is 4.33. The predicted octanol–water partition coefficient (Wildman–Crippen LogP) is 3.63. The Hall–Kier alpha value is -0.410. The molecule has 96 valence electrons. The van der Waals surface area contributed by atoms with Crippen LogP contribution < -0.4 is 5.32 Å². The van der Waals surface area contributed by atoms with Crippen LogP contribution in [0.5, 0.6) is 0 Å². The highest BCUT2D eigenvalue weighted by Gasteiger charge is 2.35. The molecule has 1 aliphatic carbocycles. The molecule has 0 amide bonds. The minimum atomic E-state index is 0.220. The molecule has 17 heavy (non-hydrogen) atoms. The van der Waals surface area contributed by atoms with E-state index in [0.717, 1.165) is 13.0 Å². The van der Waals surface area contributed by atoms with Gasteiger partial charge in [0.2, 0.25) is 0 Å². The van der Waals surface area contributed by atoms with E-state index in [1.54, 1.807) is 11.3 Å². The first-order chi connectivity index (χ1) is 7.99. The quantitative estimate of drug-likeness (QED) is 0.885. The topological polar surface area (TPSA) is 24.9 Å². The Bertz CT molecular complexity index is 332. The lowest BCUT2D eigenvalue weighted by atomic mass is 9.81. The second-order valence-electron chi connectivity index (χ2n) is 6.47. The monoisotopic (exact) mass is 252 g/mol. The first-order valence-corrected chi connectivity index (χ1v) is 7.56. The van der Waals surface area contributed by atoms with E-state index in [0.29, 0.717) is 5.41 Å². The molecule has 0 radical (unpaired) electrons. The van der Waals surface area contributed by atoms with Gasteiger partial charge >= 0.3 is 0 Å². The van der Waals surface area contributed by atoms with Gasteiger partial charge in [-0.05, 0) is 45.4 Å². The second-order valence-corrected chi connectivity index (χ2v) is 7.19. The largest absolute Gasteiger partial charge is 0.312 e. The summed E-state index contributed by atoms with van der Waals surface area (Å²) in [7, 11) is 0. The van der Waals surface area contributed by atoms with Crippen molar-refractivity contribution in [3.63, 3.8) is 0 Å². The van der Waals surface area contributed by atoms with Gasteiger partial charge in [0.25, 0.3) is 0 Å². The van der Waals surface area contributed by atoms with Gasteiger partial charge < -0.3 is 5.32 Å². The molecule has 1 aromatic rings. The maximum Gasteiger partial charge on any atom is 0.0794 e. The van der Waals surface area contributed by atoms with Crippen molar-refractivity contribution in [3.05, 3.63) is 16.6 Å². The van der Waals surface area contributed by atoms with Crippen molar-refractivity contribution in [3.8, 4) is 0 Å². The maximum atomic E-state index is 4.46. The van der Waals surface area contributed by atoms with Crippen LogP contribution in [0.25, 0.3) is 0 Å². The van der Waals surface area contributed by atoms with Gasteiger partial charge in [-0.2, -0.15) is 0 Å². The maximum absolute atomic E-state index is 4.46. The molecule has 1 aliphatic rings. The number of aromatic nitrogens is 1. The Morgan fingerprint density at radius 2 is 2.06 bits per heavy atom. The third-order valence-electron chi connectivity index (χ3n) is 3.70. The van der Waals surface area contributed by atoms with Crippen LogP contribution in [-0.2, 0) is 6.42 Å². The van der Waals surface area contributed by atoms with Crippen molar-refractivity contribution in [1.29, 1.82) is 0 Å². The van der Waals surface area contributed by atoms with Crippen LogP contribution in [0.1, 0.15) is 52.1 Å². The summed E-state index contributed by atoms with van der Waals surface area (Å²) in [5.41, 5.74) is 3.92. The van der Waals surface area contributed by atoms with Gasteiger partial charge in [0, 0.05) is 17.5 Å². The van der Waals surface area contributed by atoms with Crippen LogP contribution in [0, 0.1) is 5.41 Å². The Morgan fingerprint density at radius 1 is 1.35 bits per heavy atom. The molecule has 1 saturated carbocycles. The predicted molar refractivity (Wildman–Crippen MR) is 74.5 cm³/mol. The average molecular weight is 252 g/mol. The Morgan fingerprint density at radius 3 is 2.59 bits per heavy atom. The van der Waals surface area contributed by atoms with Crippen LogP contribution in [0.2, 0.25) is 0 Å². The van der Waals surface area contributed by atoms with Gasteiger partial charge in [-0.15, -0.1) is 11.3 Å². The summed E-state index contributed by atoms with van der Waals surface area (Å²) in [6.45, 7) is 7.88. The highest BCUT2D eigenvalue weighted by molar-refractivity contribution is 7.07. The highest BCUT2D eigenvalue weighted by Crippen LogP contribution is 2.40. The van der Waals surface area contributed by atoms with Crippen molar-refractivity contribution in [1.82, 2.24) is 10.3 Å². The van der Waals surface area contributed by atoms with Gasteiger partial charge in [0.05, 0.1) is 11.2 Å². The summed E-state index contributed by atoms with van der Waals surface area (Å²) >= 11 is 1.71. The first-order valence-electron chi connectivity index (χ1n) is 6.61. The molecule has 0 aromatic carbocycles. The fourth-order valence-electron chi connectivity index (χ4n) is 2.70. The zero-order valence-electron chi connectivity index (χ0n) is 11.3. The van der Waals surface area contributed by atoms with Crippen molar-refractivity contribution in [2.45, 2.75) is 58.4 Å². The summed E-state index contributed by atoms with van der Waals surface area (Å²) in [6.07, 6.45) is 6.63. The summed E-state index contributed by atoms with van der Waals surface area (Å²) < 4.78 is 0. The second kappa shape index (κ2) is 5.07. The Balaban J connectivity index is 1.99. The van der Waals surface area contributed by atoms with Gasteiger partial charge in [-0.25, -0.2) is 4.98 Å². The third kappa shape index (κ3) is 3.78. The fraction of sp³-hybridized carbons (Fsp3) is 0.786.